The van der Waals surface area contributed by atoms with Crippen LogP contribution in [0.5, 0.6) is 0 Å². The summed E-state index contributed by atoms with van der Waals surface area (Å²) in [5.74, 6) is 1.56. The lowest BCUT2D eigenvalue weighted by Gasteiger charge is -2.20. The summed E-state index contributed by atoms with van der Waals surface area (Å²) in [6.45, 7) is 3.65. The van der Waals surface area contributed by atoms with Crippen LogP contribution in [0.25, 0.3) is 0 Å². The number of aromatic nitrogens is 3. The molecular weight excluding hydrogens is 431 g/mol. The summed E-state index contributed by atoms with van der Waals surface area (Å²) in [6, 6.07) is 2.59. The van der Waals surface area contributed by atoms with E-state index in [1.165, 1.54) is 18.3 Å². The Morgan fingerprint density at radius 1 is 0.967 bits per heavy atom. The van der Waals surface area contributed by atoms with Crippen LogP contribution in [-0.2, 0) is 0 Å². The molecule has 2 fully saturated rings. The molecule has 0 radical (unpaired) electrons. The number of nitro benzene ring substituents is 1. The summed E-state index contributed by atoms with van der Waals surface area (Å²) in [7, 11) is 0. The Morgan fingerprint density at radius 2 is 1.53 bits per heavy atom. The molecule has 10 nitrogen and oxygen atoms in total. The lowest BCUT2D eigenvalue weighted by atomic mass is 10.2. The zero-order chi connectivity index (χ0) is 21.1. The van der Waals surface area contributed by atoms with Gasteiger partial charge in [0, 0.05) is 37.8 Å². The van der Waals surface area contributed by atoms with Crippen LogP contribution < -0.4 is 15.2 Å². The highest BCUT2D eigenvalue weighted by atomic mass is 35.5. The Bertz CT molecular complexity index is 941. The van der Waals surface area contributed by atoms with E-state index in [4.69, 9.17) is 23.2 Å². The van der Waals surface area contributed by atoms with E-state index in [2.05, 4.69) is 35.3 Å². The molecule has 0 unspecified atom stereocenters. The topological polar surface area (TPSA) is 113 Å². The maximum absolute atomic E-state index is 11.1. The number of nitro groups is 1. The van der Waals surface area contributed by atoms with E-state index in [1.807, 2.05) is 0 Å². The number of anilines is 3. The van der Waals surface area contributed by atoms with Crippen LogP contribution in [0.2, 0.25) is 10.0 Å². The maximum atomic E-state index is 11.1. The van der Waals surface area contributed by atoms with Crippen LogP contribution in [0.4, 0.5) is 23.5 Å². The second-order valence-electron chi connectivity index (χ2n) is 7.10. The van der Waals surface area contributed by atoms with Crippen molar-refractivity contribution in [2.75, 3.05) is 41.4 Å². The maximum Gasteiger partial charge on any atom is 0.288 e. The monoisotopic (exact) mass is 450 g/mol. The highest BCUT2D eigenvalue weighted by Crippen LogP contribution is 2.30. The second-order valence-corrected chi connectivity index (χ2v) is 7.91. The first-order chi connectivity index (χ1) is 14.5. The molecular formula is C18H20Cl2N8O2. The van der Waals surface area contributed by atoms with E-state index in [9.17, 15) is 10.1 Å². The number of halogens is 2. The molecule has 1 aromatic heterocycles. The number of hydrogen-bond acceptors (Lipinski definition) is 9. The van der Waals surface area contributed by atoms with Gasteiger partial charge in [0.1, 0.15) is 5.02 Å². The number of hydrazone groups is 1. The minimum atomic E-state index is -0.569. The van der Waals surface area contributed by atoms with E-state index < -0.39 is 4.92 Å². The van der Waals surface area contributed by atoms with Crippen molar-refractivity contribution in [3.63, 3.8) is 0 Å². The third-order valence-electron chi connectivity index (χ3n) is 5.02. The summed E-state index contributed by atoms with van der Waals surface area (Å²) in [4.78, 5) is 28.4. The fourth-order valence-corrected chi connectivity index (χ4v) is 3.97. The quantitative estimate of drug-likeness (QED) is 0.402. The van der Waals surface area contributed by atoms with E-state index in [0.29, 0.717) is 23.4 Å². The van der Waals surface area contributed by atoms with Crippen molar-refractivity contribution in [1.29, 1.82) is 0 Å². The SMILES string of the molecule is O=[N+]([O-])c1cc(/C=N/Nc2nc(N3CCCC3)nc(N3CCCC3)n2)c(Cl)cc1Cl. The van der Waals surface area contributed by atoms with Crippen molar-refractivity contribution in [3.8, 4) is 0 Å². The van der Waals surface area contributed by atoms with E-state index in [0.717, 1.165) is 51.9 Å². The number of rotatable bonds is 6. The van der Waals surface area contributed by atoms with Crippen LogP contribution in [0.3, 0.4) is 0 Å². The molecule has 0 spiro atoms. The molecule has 2 aliphatic rings. The molecule has 0 bridgehead atoms. The van der Waals surface area contributed by atoms with Gasteiger partial charge in [0.15, 0.2) is 0 Å². The van der Waals surface area contributed by atoms with Crippen LogP contribution in [0.1, 0.15) is 31.2 Å². The number of nitrogens with one attached hydrogen (secondary N) is 1. The van der Waals surface area contributed by atoms with Gasteiger partial charge in [-0.25, -0.2) is 5.43 Å². The summed E-state index contributed by atoms with van der Waals surface area (Å²) in [5, 5.41) is 15.4. The lowest BCUT2D eigenvalue weighted by Crippen LogP contribution is -2.25. The van der Waals surface area contributed by atoms with Gasteiger partial charge in [-0.2, -0.15) is 20.1 Å². The fourth-order valence-electron chi connectivity index (χ4n) is 3.47. The van der Waals surface area contributed by atoms with Crippen molar-refractivity contribution in [3.05, 3.63) is 37.9 Å². The molecule has 4 rings (SSSR count). The average Bonchev–Trinajstić information content (AvgIpc) is 3.43. The zero-order valence-corrected chi connectivity index (χ0v) is 17.6. The van der Waals surface area contributed by atoms with Gasteiger partial charge in [-0.1, -0.05) is 23.2 Å². The largest absolute Gasteiger partial charge is 0.341 e. The van der Waals surface area contributed by atoms with Gasteiger partial charge in [0.2, 0.25) is 17.8 Å². The first kappa shape index (κ1) is 20.5. The minimum absolute atomic E-state index is 0.0295. The van der Waals surface area contributed by atoms with Crippen LogP contribution >= 0.6 is 23.2 Å². The molecule has 12 heteroatoms. The third kappa shape index (κ3) is 4.54. The molecule has 1 N–H and O–H groups in total. The first-order valence-corrected chi connectivity index (χ1v) is 10.5. The normalized spacial score (nSPS) is 16.6. The third-order valence-corrected chi connectivity index (χ3v) is 5.65. The molecule has 2 saturated heterocycles. The summed E-state index contributed by atoms with van der Waals surface area (Å²) in [5.41, 5.74) is 2.92. The van der Waals surface area contributed by atoms with Gasteiger partial charge >= 0.3 is 0 Å². The van der Waals surface area contributed by atoms with Gasteiger partial charge in [-0.05, 0) is 31.7 Å². The highest BCUT2D eigenvalue weighted by Gasteiger charge is 2.21. The first-order valence-electron chi connectivity index (χ1n) is 9.70. The predicted molar refractivity (Wildman–Crippen MR) is 117 cm³/mol. The average molecular weight is 451 g/mol. The lowest BCUT2D eigenvalue weighted by molar-refractivity contribution is -0.384. The van der Waals surface area contributed by atoms with Gasteiger partial charge in [-0.15, -0.1) is 0 Å². The Kier molecular flexibility index (Phi) is 6.14. The minimum Gasteiger partial charge on any atom is -0.341 e. The van der Waals surface area contributed by atoms with E-state index in [-0.39, 0.29) is 15.7 Å². The Labute approximate surface area is 183 Å². The van der Waals surface area contributed by atoms with E-state index in [1.54, 1.807) is 0 Å². The predicted octanol–water partition coefficient (Wildman–Crippen LogP) is 3.73. The Morgan fingerprint density at radius 3 is 2.07 bits per heavy atom. The van der Waals surface area contributed by atoms with Crippen molar-refractivity contribution in [2.24, 2.45) is 5.10 Å². The number of benzene rings is 1. The van der Waals surface area contributed by atoms with Crippen LogP contribution in [0.15, 0.2) is 17.2 Å². The Balaban J connectivity index is 1.58. The number of nitrogens with zero attached hydrogens (tertiary/aromatic N) is 7. The highest BCUT2D eigenvalue weighted by molar-refractivity contribution is 6.37. The standard InChI is InChI=1S/C18H20Cl2N8O2/c19-13-10-14(20)15(28(29)30)9-12(13)11-21-25-16-22-17(26-5-1-2-6-26)24-18(23-16)27-7-3-4-8-27/h9-11H,1-8H2,(H,22,23,24,25)/b21-11+. The summed E-state index contributed by atoms with van der Waals surface area (Å²) < 4.78 is 0. The molecule has 0 aliphatic carbocycles. The molecule has 158 valence electrons. The van der Waals surface area contributed by atoms with E-state index >= 15 is 0 Å². The molecule has 2 aliphatic heterocycles. The molecule has 2 aromatic rings. The molecule has 0 amide bonds. The molecule has 0 saturated carbocycles. The molecule has 3 heterocycles. The van der Waals surface area contributed by atoms with Gasteiger partial charge in [-0.3, -0.25) is 10.1 Å². The van der Waals surface area contributed by atoms with Crippen molar-refractivity contribution in [2.45, 2.75) is 25.7 Å². The van der Waals surface area contributed by atoms with Crippen molar-refractivity contribution >= 4 is 52.9 Å². The summed E-state index contributed by atoms with van der Waals surface area (Å²) in [6.07, 6.45) is 5.82. The van der Waals surface area contributed by atoms with Crippen molar-refractivity contribution in [1.82, 2.24) is 15.0 Å². The molecule has 1 aromatic carbocycles. The van der Waals surface area contributed by atoms with Crippen molar-refractivity contribution < 1.29 is 4.92 Å². The fraction of sp³-hybridized carbons (Fsp3) is 0.444. The second kappa shape index (κ2) is 8.97. The van der Waals surface area contributed by atoms with Crippen LogP contribution in [-0.4, -0.2) is 52.3 Å². The number of hydrogen-bond donors (Lipinski definition) is 1. The van der Waals surface area contributed by atoms with Gasteiger partial charge in [0.05, 0.1) is 16.2 Å². The van der Waals surface area contributed by atoms with Gasteiger partial charge < -0.3 is 9.80 Å². The summed E-state index contributed by atoms with van der Waals surface area (Å²) >= 11 is 12.0. The zero-order valence-electron chi connectivity index (χ0n) is 16.1. The Hall–Kier alpha value is -2.72. The smallest absolute Gasteiger partial charge is 0.288 e. The molecule has 30 heavy (non-hydrogen) atoms. The van der Waals surface area contributed by atoms with Gasteiger partial charge in [0.25, 0.3) is 5.69 Å². The molecule has 0 atom stereocenters. The van der Waals surface area contributed by atoms with Crippen LogP contribution in [0, 0.1) is 10.1 Å².